The third kappa shape index (κ3) is 1.79. The van der Waals surface area contributed by atoms with Gasteiger partial charge in [0.15, 0.2) is 0 Å². The molecule has 0 saturated carbocycles. The standard InChI is InChI=1S/C12H14ClN3S/c1-6-2-3-7-8(4-6)17-12-10(7)11(14)15-9(5-13)16-12/h6H,2-5H2,1H3,(H2,14,15,16). The van der Waals surface area contributed by atoms with Gasteiger partial charge in [0.25, 0.3) is 0 Å². The molecule has 0 aliphatic heterocycles. The lowest BCUT2D eigenvalue weighted by Crippen LogP contribution is -2.09. The Kier molecular flexibility index (Phi) is 2.71. The molecule has 2 N–H and O–H groups in total. The molecule has 5 heteroatoms. The molecule has 0 spiro atoms. The van der Waals surface area contributed by atoms with E-state index in [0.717, 1.165) is 29.0 Å². The summed E-state index contributed by atoms with van der Waals surface area (Å²) in [4.78, 5) is 11.2. The predicted octanol–water partition coefficient (Wildman–Crippen LogP) is 3.14. The molecule has 17 heavy (non-hydrogen) atoms. The minimum absolute atomic E-state index is 0.319. The molecular formula is C12H14ClN3S. The second kappa shape index (κ2) is 4.10. The molecule has 0 saturated heterocycles. The first kappa shape index (κ1) is 11.2. The van der Waals surface area contributed by atoms with Gasteiger partial charge in [-0.15, -0.1) is 22.9 Å². The molecule has 1 aliphatic rings. The van der Waals surface area contributed by atoms with E-state index >= 15 is 0 Å². The molecular weight excluding hydrogens is 254 g/mol. The zero-order chi connectivity index (χ0) is 12.0. The number of nitrogen functional groups attached to an aromatic ring is 1. The van der Waals surface area contributed by atoms with Gasteiger partial charge in [0, 0.05) is 4.88 Å². The summed E-state index contributed by atoms with van der Waals surface area (Å²) < 4.78 is 0. The van der Waals surface area contributed by atoms with Crippen LogP contribution in [0.3, 0.4) is 0 Å². The van der Waals surface area contributed by atoms with Crippen molar-refractivity contribution in [2.45, 2.75) is 32.1 Å². The lowest BCUT2D eigenvalue weighted by molar-refractivity contribution is 0.509. The fraction of sp³-hybridized carbons (Fsp3) is 0.500. The van der Waals surface area contributed by atoms with Gasteiger partial charge in [-0.2, -0.15) is 0 Å². The quantitative estimate of drug-likeness (QED) is 0.808. The molecule has 2 aromatic heterocycles. The average molecular weight is 268 g/mol. The van der Waals surface area contributed by atoms with Crippen molar-refractivity contribution >= 4 is 39.0 Å². The summed E-state index contributed by atoms with van der Waals surface area (Å²) in [5.41, 5.74) is 7.41. The topological polar surface area (TPSA) is 51.8 Å². The summed E-state index contributed by atoms with van der Waals surface area (Å²) in [5, 5.41) is 1.07. The van der Waals surface area contributed by atoms with Gasteiger partial charge in [0.05, 0.1) is 11.3 Å². The fourth-order valence-electron chi connectivity index (χ4n) is 2.48. The van der Waals surface area contributed by atoms with Crippen LogP contribution in [0.2, 0.25) is 0 Å². The van der Waals surface area contributed by atoms with Crippen LogP contribution < -0.4 is 5.73 Å². The van der Waals surface area contributed by atoms with E-state index in [0.29, 0.717) is 17.5 Å². The Balaban J connectivity index is 2.24. The Labute approximate surface area is 109 Å². The van der Waals surface area contributed by atoms with E-state index in [1.54, 1.807) is 11.3 Å². The average Bonchev–Trinajstić information content (AvgIpc) is 2.66. The van der Waals surface area contributed by atoms with E-state index < -0.39 is 0 Å². The molecule has 0 aromatic carbocycles. The van der Waals surface area contributed by atoms with Gasteiger partial charge in [-0.1, -0.05) is 6.92 Å². The van der Waals surface area contributed by atoms with Crippen molar-refractivity contribution in [2.75, 3.05) is 5.73 Å². The summed E-state index contributed by atoms with van der Waals surface area (Å²) >= 11 is 7.53. The molecule has 1 unspecified atom stereocenters. The van der Waals surface area contributed by atoms with Crippen molar-refractivity contribution in [3.8, 4) is 0 Å². The number of alkyl halides is 1. The van der Waals surface area contributed by atoms with Crippen molar-refractivity contribution in [1.82, 2.24) is 9.97 Å². The summed E-state index contributed by atoms with van der Waals surface area (Å²) in [6.45, 7) is 2.30. The van der Waals surface area contributed by atoms with Gasteiger partial charge in [-0.3, -0.25) is 0 Å². The van der Waals surface area contributed by atoms with Crippen LogP contribution in [-0.2, 0) is 18.7 Å². The molecule has 0 bridgehead atoms. The highest BCUT2D eigenvalue weighted by atomic mass is 35.5. The fourth-order valence-corrected chi connectivity index (χ4v) is 4.01. The number of aryl methyl sites for hydroxylation is 1. The second-order valence-corrected chi connectivity index (χ2v) is 6.04. The molecule has 0 amide bonds. The number of fused-ring (bicyclic) bond motifs is 3. The van der Waals surface area contributed by atoms with Crippen molar-refractivity contribution in [1.29, 1.82) is 0 Å². The minimum Gasteiger partial charge on any atom is -0.383 e. The Hall–Kier alpha value is -0.870. The first-order valence-corrected chi connectivity index (χ1v) is 7.16. The van der Waals surface area contributed by atoms with Crippen LogP contribution in [-0.4, -0.2) is 9.97 Å². The van der Waals surface area contributed by atoms with Gasteiger partial charge in [-0.05, 0) is 30.7 Å². The van der Waals surface area contributed by atoms with Crippen molar-refractivity contribution < 1.29 is 0 Å². The van der Waals surface area contributed by atoms with E-state index in [4.69, 9.17) is 17.3 Å². The van der Waals surface area contributed by atoms with Gasteiger partial charge in [0.1, 0.15) is 16.5 Å². The molecule has 2 heterocycles. The van der Waals surface area contributed by atoms with E-state index in [1.807, 2.05) is 0 Å². The molecule has 1 aliphatic carbocycles. The van der Waals surface area contributed by atoms with Crippen LogP contribution >= 0.6 is 22.9 Å². The molecule has 90 valence electrons. The smallest absolute Gasteiger partial charge is 0.147 e. The highest BCUT2D eigenvalue weighted by Crippen LogP contribution is 2.39. The van der Waals surface area contributed by atoms with Crippen molar-refractivity contribution in [3.63, 3.8) is 0 Å². The van der Waals surface area contributed by atoms with Crippen molar-refractivity contribution in [3.05, 3.63) is 16.3 Å². The molecule has 3 nitrogen and oxygen atoms in total. The first-order chi connectivity index (χ1) is 8.19. The van der Waals surface area contributed by atoms with E-state index in [2.05, 4.69) is 16.9 Å². The van der Waals surface area contributed by atoms with Crippen LogP contribution in [0.25, 0.3) is 10.2 Å². The number of thiophene rings is 1. The van der Waals surface area contributed by atoms with Gasteiger partial charge < -0.3 is 5.73 Å². The van der Waals surface area contributed by atoms with E-state index in [-0.39, 0.29) is 0 Å². The lowest BCUT2D eigenvalue weighted by atomic mass is 9.89. The maximum atomic E-state index is 6.03. The number of halogens is 1. The molecule has 0 fully saturated rings. The zero-order valence-electron chi connectivity index (χ0n) is 9.66. The Morgan fingerprint density at radius 3 is 3.06 bits per heavy atom. The van der Waals surface area contributed by atoms with Gasteiger partial charge in [-0.25, -0.2) is 9.97 Å². The number of nitrogens with zero attached hydrogens (tertiary/aromatic N) is 2. The summed E-state index contributed by atoms with van der Waals surface area (Å²) in [6.07, 6.45) is 3.48. The van der Waals surface area contributed by atoms with Crippen LogP contribution in [0.15, 0.2) is 0 Å². The third-order valence-electron chi connectivity index (χ3n) is 3.35. The highest BCUT2D eigenvalue weighted by molar-refractivity contribution is 7.19. The number of nitrogens with two attached hydrogens (primary N) is 1. The third-order valence-corrected chi connectivity index (χ3v) is 4.74. The van der Waals surface area contributed by atoms with Crippen LogP contribution in [0, 0.1) is 5.92 Å². The largest absolute Gasteiger partial charge is 0.383 e. The van der Waals surface area contributed by atoms with Crippen LogP contribution in [0.1, 0.15) is 29.6 Å². The summed E-state index contributed by atoms with van der Waals surface area (Å²) in [7, 11) is 0. The number of aromatic nitrogens is 2. The van der Waals surface area contributed by atoms with Gasteiger partial charge >= 0.3 is 0 Å². The monoisotopic (exact) mass is 267 g/mol. The maximum absolute atomic E-state index is 6.03. The van der Waals surface area contributed by atoms with Crippen LogP contribution in [0.4, 0.5) is 5.82 Å². The van der Waals surface area contributed by atoms with Crippen LogP contribution in [0.5, 0.6) is 0 Å². The minimum atomic E-state index is 0.319. The maximum Gasteiger partial charge on any atom is 0.147 e. The Morgan fingerprint density at radius 2 is 2.29 bits per heavy atom. The Morgan fingerprint density at radius 1 is 1.47 bits per heavy atom. The van der Waals surface area contributed by atoms with E-state index in [9.17, 15) is 0 Å². The highest BCUT2D eigenvalue weighted by Gasteiger charge is 2.22. The van der Waals surface area contributed by atoms with E-state index in [1.165, 1.54) is 16.9 Å². The summed E-state index contributed by atoms with van der Waals surface area (Å²) in [6, 6.07) is 0. The number of anilines is 1. The number of hydrogen-bond donors (Lipinski definition) is 1. The molecule has 1 atom stereocenters. The molecule has 0 radical (unpaired) electrons. The second-order valence-electron chi connectivity index (χ2n) is 4.69. The Bertz CT molecular complexity index is 579. The zero-order valence-corrected chi connectivity index (χ0v) is 11.2. The summed E-state index contributed by atoms with van der Waals surface area (Å²) in [5.74, 6) is 2.30. The normalized spacial score (nSPS) is 19.5. The number of rotatable bonds is 1. The van der Waals surface area contributed by atoms with Crippen molar-refractivity contribution in [2.24, 2.45) is 5.92 Å². The van der Waals surface area contributed by atoms with Gasteiger partial charge in [0.2, 0.25) is 0 Å². The lowest BCUT2D eigenvalue weighted by Gasteiger charge is -2.17. The number of hydrogen-bond acceptors (Lipinski definition) is 4. The SMILES string of the molecule is CC1CCc2c(sc3nc(CCl)nc(N)c23)C1. The molecule has 2 aromatic rings. The molecule has 3 rings (SSSR count). The predicted molar refractivity (Wildman–Crippen MR) is 72.6 cm³/mol. The first-order valence-electron chi connectivity index (χ1n) is 5.81.